The molecular weight excluding hydrogens is 422 g/mol. The SMILES string of the molecule is CC(=O)O[C@@H]1[C@@H](OC(C)=O)[C@@H](Oc2cncc(-c3ccccc3)c2)SC[C@H]1OC(C)=O. The summed E-state index contributed by atoms with van der Waals surface area (Å²) in [6.07, 6.45) is 0.519. The molecular formula is C22H23NO7S. The highest BCUT2D eigenvalue weighted by Crippen LogP contribution is 2.35. The van der Waals surface area contributed by atoms with Crippen molar-refractivity contribution in [2.75, 3.05) is 5.75 Å². The molecule has 1 aliphatic rings. The second-order valence-corrected chi connectivity index (χ2v) is 8.02. The molecule has 1 saturated heterocycles. The number of carbonyl (C=O) groups excluding carboxylic acids is 3. The number of hydrogen-bond acceptors (Lipinski definition) is 9. The second-order valence-electron chi connectivity index (χ2n) is 6.89. The van der Waals surface area contributed by atoms with Crippen LogP contribution in [0.2, 0.25) is 0 Å². The van der Waals surface area contributed by atoms with Crippen molar-refractivity contribution in [3.8, 4) is 16.9 Å². The third-order valence-electron chi connectivity index (χ3n) is 4.38. The standard InChI is InChI=1S/C22H23NO7S/c1-13(24)27-19-12-31-22(21(29-15(3)26)20(19)28-14(2)25)30-18-9-17(10-23-11-18)16-7-5-4-6-8-16/h4-11,19-22H,12H2,1-3H3/t19-,20+,21-,22+/m1/s1. The van der Waals surface area contributed by atoms with Gasteiger partial charge in [0.25, 0.3) is 0 Å². The fourth-order valence-corrected chi connectivity index (χ4v) is 4.43. The predicted molar refractivity (Wildman–Crippen MR) is 113 cm³/mol. The number of nitrogens with zero attached hydrogens (tertiary/aromatic N) is 1. The normalized spacial score (nSPS) is 22.8. The molecule has 0 amide bonds. The van der Waals surface area contributed by atoms with E-state index in [0.29, 0.717) is 11.5 Å². The van der Waals surface area contributed by atoms with Gasteiger partial charge in [-0.3, -0.25) is 19.4 Å². The van der Waals surface area contributed by atoms with Gasteiger partial charge in [0.15, 0.2) is 23.7 Å². The Morgan fingerprint density at radius 1 is 0.871 bits per heavy atom. The molecule has 9 heteroatoms. The van der Waals surface area contributed by atoms with Crippen molar-refractivity contribution >= 4 is 29.7 Å². The molecule has 31 heavy (non-hydrogen) atoms. The Balaban J connectivity index is 1.86. The summed E-state index contributed by atoms with van der Waals surface area (Å²) < 4.78 is 22.2. The van der Waals surface area contributed by atoms with E-state index in [9.17, 15) is 14.4 Å². The Hall–Kier alpha value is -3.07. The van der Waals surface area contributed by atoms with Crippen LogP contribution in [0.25, 0.3) is 11.1 Å². The third-order valence-corrected chi connectivity index (χ3v) is 5.59. The zero-order valence-electron chi connectivity index (χ0n) is 17.3. The average Bonchev–Trinajstić information content (AvgIpc) is 2.72. The van der Waals surface area contributed by atoms with E-state index < -0.39 is 41.7 Å². The lowest BCUT2D eigenvalue weighted by molar-refractivity contribution is -0.186. The van der Waals surface area contributed by atoms with Crippen molar-refractivity contribution < 1.29 is 33.3 Å². The Labute approximate surface area is 184 Å². The number of pyridine rings is 1. The van der Waals surface area contributed by atoms with Gasteiger partial charge < -0.3 is 18.9 Å². The second kappa shape index (κ2) is 10.3. The quantitative estimate of drug-likeness (QED) is 0.490. The zero-order valence-corrected chi connectivity index (χ0v) is 18.2. The Morgan fingerprint density at radius 2 is 1.52 bits per heavy atom. The third kappa shape index (κ3) is 6.21. The van der Waals surface area contributed by atoms with Crippen LogP contribution in [0.15, 0.2) is 48.8 Å². The van der Waals surface area contributed by atoms with Crippen LogP contribution in [0, 0.1) is 0 Å². The van der Waals surface area contributed by atoms with Gasteiger partial charge in [-0.05, 0) is 11.6 Å². The number of ether oxygens (including phenoxy) is 4. The first-order chi connectivity index (χ1) is 14.8. The molecule has 1 fully saturated rings. The summed E-state index contributed by atoms with van der Waals surface area (Å²) >= 11 is 1.29. The molecule has 0 N–H and O–H groups in total. The minimum atomic E-state index is -0.998. The van der Waals surface area contributed by atoms with Crippen molar-refractivity contribution in [1.29, 1.82) is 0 Å². The van der Waals surface area contributed by atoms with Gasteiger partial charge in [-0.25, -0.2) is 0 Å². The summed E-state index contributed by atoms with van der Waals surface area (Å²) in [6.45, 7) is 3.75. The molecule has 0 aliphatic carbocycles. The molecule has 0 radical (unpaired) electrons. The van der Waals surface area contributed by atoms with Crippen LogP contribution < -0.4 is 4.74 Å². The number of benzene rings is 1. The molecule has 164 valence electrons. The first-order valence-corrected chi connectivity index (χ1v) is 10.7. The molecule has 3 rings (SSSR count). The number of thioether (sulfide) groups is 1. The van der Waals surface area contributed by atoms with E-state index in [4.69, 9.17) is 18.9 Å². The van der Waals surface area contributed by atoms with Crippen molar-refractivity contribution in [2.24, 2.45) is 0 Å². The minimum Gasteiger partial charge on any atom is -0.474 e. The predicted octanol–water partition coefficient (Wildman–Crippen LogP) is 3.00. The number of hydrogen-bond donors (Lipinski definition) is 0. The molecule has 2 heterocycles. The summed E-state index contributed by atoms with van der Waals surface area (Å²) in [5.74, 6) is -0.924. The van der Waals surface area contributed by atoms with Gasteiger partial charge in [0, 0.05) is 38.3 Å². The minimum absolute atomic E-state index is 0.297. The van der Waals surface area contributed by atoms with Crippen LogP contribution in [-0.4, -0.2) is 52.4 Å². The maximum atomic E-state index is 11.8. The number of rotatable bonds is 6. The van der Waals surface area contributed by atoms with E-state index >= 15 is 0 Å². The monoisotopic (exact) mass is 445 g/mol. The maximum Gasteiger partial charge on any atom is 0.303 e. The lowest BCUT2D eigenvalue weighted by Gasteiger charge is -2.39. The van der Waals surface area contributed by atoms with Gasteiger partial charge in [-0.2, -0.15) is 0 Å². The number of esters is 3. The van der Waals surface area contributed by atoms with Gasteiger partial charge in [0.1, 0.15) is 5.75 Å². The molecule has 0 unspecified atom stereocenters. The van der Waals surface area contributed by atoms with E-state index in [1.54, 1.807) is 12.4 Å². The highest BCUT2D eigenvalue weighted by molar-refractivity contribution is 7.99. The van der Waals surface area contributed by atoms with Gasteiger partial charge in [0.2, 0.25) is 0 Å². The van der Waals surface area contributed by atoms with Gasteiger partial charge >= 0.3 is 17.9 Å². The molecule has 0 spiro atoms. The highest BCUT2D eigenvalue weighted by atomic mass is 32.2. The van der Waals surface area contributed by atoms with Crippen LogP contribution >= 0.6 is 11.8 Å². The van der Waals surface area contributed by atoms with E-state index in [-0.39, 0.29) is 0 Å². The molecule has 4 atom stereocenters. The molecule has 1 aliphatic heterocycles. The highest BCUT2D eigenvalue weighted by Gasteiger charge is 2.47. The number of aromatic nitrogens is 1. The van der Waals surface area contributed by atoms with Crippen molar-refractivity contribution in [3.63, 3.8) is 0 Å². The summed E-state index contributed by atoms with van der Waals surface area (Å²) in [7, 11) is 0. The Bertz CT molecular complexity index is 936. The van der Waals surface area contributed by atoms with Gasteiger partial charge in [-0.15, -0.1) is 11.8 Å². The van der Waals surface area contributed by atoms with Crippen LogP contribution in [0.5, 0.6) is 5.75 Å². The van der Waals surface area contributed by atoms with Crippen LogP contribution in [0.3, 0.4) is 0 Å². The Morgan fingerprint density at radius 3 is 2.16 bits per heavy atom. The van der Waals surface area contributed by atoms with Crippen molar-refractivity contribution in [1.82, 2.24) is 4.98 Å². The summed E-state index contributed by atoms with van der Waals surface area (Å²) in [4.78, 5) is 39.2. The molecule has 0 saturated carbocycles. The van der Waals surface area contributed by atoms with E-state index in [2.05, 4.69) is 4.98 Å². The zero-order chi connectivity index (χ0) is 22.4. The lowest BCUT2D eigenvalue weighted by atomic mass is 10.1. The summed E-state index contributed by atoms with van der Waals surface area (Å²) in [5.41, 5.74) is 1.13. The van der Waals surface area contributed by atoms with Crippen molar-refractivity contribution in [2.45, 2.75) is 44.5 Å². The fraction of sp³-hybridized carbons (Fsp3) is 0.364. The van der Waals surface area contributed by atoms with Crippen LogP contribution in [-0.2, 0) is 28.6 Å². The fourth-order valence-electron chi connectivity index (χ4n) is 3.22. The molecule has 0 bridgehead atoms. The lowest BCUT2D eigenvalue weighted by Crippen LogP contribution is -2.55. The summed E-state index contributed by atoms with van der Waals surface area (Å²) in [5, 5.41) is 0. The van der Waals surface area contributed by atoms with Crippen LogP contribution in [0.4, 0.5) is 0 Å². The van der Waals surface area contributed by atoms with Crippen LogP contribution in [0.1, 0.15) is 20.8 Å². The maximum absolute atomic E-state index is 11.8. The van der Waals surface area contributed by atoms with E-state index in [1.807, 2.05) is 36.4 Å². The molecule has 1 aromatic heterocycles. The molecule has 2 aromatic rings. The smallest absolute Gasteiger partial charge is 0.303 e. The first-order valence-electron chi connectivity index (χ1n) is 9.64. The summed E-state index contributed by atoms with van der Waals surface area (Å²) in [6, 6.07) is 11.5. The van der Waals surface area contributed by atoms with Gasteiger partial charge in [-0.1, -0.05) is 30.3 Å². The average molecular weight is 445 g/mol. The van der Waals surface area contributed by atoms with Crippen molar-refractivity contribution in [3.05, 3.63) is 48.8 Å². The molecule has 1 aromatic carbocycles. The first kappa shape index (κ1) is 22.6. The Kier molecular flexibility index (Phi) is 7.51. The topological polar surface area (TPSA) is 101 Å². The number of carbonyl (C=O) groups is 3. The van der Waals surface area contributed by atoms with E-state index in [1.165, 1.54) is 32.5 Å². The van der Waals surface area contributed by atoms with E-state index in [0.717, 1.165) is 11.1 Å². The largest absolute Gasteiger partial charge is 0.474 e. The molecule has 8 nitrogen and oxygen atoms in total. The van der Waals surface area contributed by atoms with Gasteiger partial charge in [0.05, 0.1) is 6.20 Å².